The number of esters is 1. The lowest BCUT2D eigenvalue weighted by Crippen LogP contribution is -2.44. The summed E-state index contributed by atoms with van der Waals surface area (Å²) in [6, 6.07) is 14.4. The van der Waals surface area contributed by atoms with Crippen LogP contribution in [0.3, 0.4) is 0 Å². The molecule has 29 heavy (non-hydrogen) atoms. The summed E-state index contributed by atoms with van der Waals surface area (Å²) in [6.45, 7) is 3.65. The highest BCUT2D eigenvalue weighted by molar-refractivity contribution is 5.87. The number of methoxy groups -OCH3 is 1. The second-order valence-corrected chi connectivity index (χ2v) is 7.20. The number of H-pyrrole nitrogens is 1. The summed E-state index contributed by atoms with van der Waals surface area (Å²) < 4.78 is 10.8. The number of benzene rings is 2. The van der Waals surface area contributed by atoms with E-state index in [4.69, 9.17) is 9.47 Å². The van der Waals surface area contributed by atoms with E-state index in [9.17, 15) is 9.59 Å². The van der Waals surface area contributed by atoms with Gasteiger partial charge in [-0.15, -0.1) is 0 Å². The van der Waals surface area contributed by atoms with Gasteiger partial charge in [0.1, 0.15) is 18.4 Å². The highest BCUT2D eigenvalue weighted by Gasteiger charge is 2.25. The standard InChI is InChI=1S/C23H26N2O4/c1-15(2)22(26)25-20(12-17-13-24-19-10-6-5-9-18(17)19)23(27)29-14-16-8-4-7-11-21(16)28-3/h4-11,13,15,20,24H,12,14H2,1-3H3,(H,25,26). The zero-order valence-electron chi connectivity index (χ0n) is 16.9. The molecule has 2 N–H and O–H groups in total. The number of ether oxygens (including phenoxy) is 2. The van der Waals surface area contributed by atoms with Crippen LogP contribution in [-0.2, 0) is 27.4 Å². The quantitative estimate of drug-likeness (QED) is 0.572. The van der Waals surface area contributed by atoms with Gasteiger partial charge in [0.05, 0.1) is 7.11 Å². The molecule has 0 aliphatic carbocycles. The van der Waals surface area contributed by atoms with Gasteiger partial charge in [-0.2, -0.15) is 0 Å². The first-order chi connectivity index (χ1) is 14.0. The van der Waals surface area contributed by atoms with E-state index in [-0.39, 0.29) is 18.4 Å². The zero-order chi connectivity index (χ0) is 20.8. The van der Waals surface area contributed by atoms with Gasteiger partial charge in [-0.25, -0.2) is 4.79 Å². The van der Waals surface area contributed by atoms with Gasteiger partial charge < -0.3 is 19.8 Å². The first-order valence-corrected chi connectivity index (χ1v) is 9.63. The summed E-state index contributed by atoms with van der Waals surface area (Å²) in [5.74, 6) is -0.249. The van der Waals surface area contributed by atoms with Crippen molar-refractivity contribution in [3.8, 4) is 5.75 Å². The Morgan fingerprint density at radius 3 is 2.52 bits per heavy atom. The molecule has 6 heteroatoms. The Kier molecular flexibility index (Phi) is 6.54. The molecule has 152 valence electrons. The minimum atomic E-state index is -0.779. The topological polar surface area (TPSA) is 80.4 Å². The van der Waals surface area contributed by atoms with Crippen molar-refractivity contribution in [2.24, 2.45) is 5.92 Å². The smallest absolute Gasteiger partial charge is 0.329 e. The summed E-state index contributed by atoms with van der Waals surface area (Å²) >= 11 is 0. The maximum Gasteiger partial charge on any atom is 0.329 e. The van der Waals surface area contributed by atoms with Crippen LogP contribution in [0.4, 0.5) is 0 Å². The number of fused-ring (bicyclic) bond motifs is 1. The second-order valence-electron chi connectivity index (χ2n) is 7.20. The van der Waals surface area contributed by atoms with Crippen LogP contribution < -0.4 is 10.1 Å². The molecule has 6 nitrogen and oxygen atoms in total. The molecule has 1 heterocycles. The molecule has 0 bridgehead atoms. The molecule has 1 atom stereocenters. The third kappa shape index (κ3) is 4.96. The van der Waals surface area contributed by atoms with Gasteiger partial charge in [0, 0.05) is 35.0 Å². The van der Waals surface area contributed by atoms with Crippen molar-refractivity contribution in [2.45, 2.75) is 32.9 Å². The first-order valence-electron chi connectivity index (χ1n) is 9.63. The predicted octanol–water partition coefficient (Wildman–Crippen LogP) is 3.60. The Labute approximate surface area is 170 Å². The number of rotatable bonds is 8. The maximum absolute atomic E-state index is 12.8. The van der Waals surface area contributed by atoms with E-state index in [1.807, 2.05) is 54.7 Å². The SMILES string of the molecule is COc1ccccc1COC(=O)C(Cc1c[nH]c2ccccc12)NC(=O)C(C)C. The Morgan fingerprint density at radius 1 is 1.03 bits per heavy atom. The van der Waals surface area contributed by atoms with Crippen LogP contribution in [0.2, 0.25) is 0 Å². The van der Waals surface area contributed by atoms with E-state index >= 15 is 0 Å². The predicted molar refractivity (Wildman–Crippen MR) is 112 cm³/mol. The fourth-order valence-corrected chi connectivity index (χ4v) is 3.12. The summed E-state index contributed by atoms with van der Waals surface area (Å²) in [4.78, 5) is 28.3. The van der Waals surface area contributed by atoms with E-state index in [1.165, 1.54) is 0 Å². The number of aromatic amines is 1. The summed E-state index contributed by atoms with van der Waals surface area (Å²) in [5, 5.41) is 3.85. The Morgan fingerprint density at radius 2 is 1.76 bits per heavy atom. The van der Waals surface area contributed by atoms with Gasteiger partial charge in [0.25, 0.3) is 0 Å². The molecule has 0 radical (unpaired) electrons. The molecule has 0 aliphatic rings. The average molecular weight is 394 g/mol. The first kappa shape index (κ1) is 20.5. The van der Waals surface area contributed by atoms with Crippen LogP contribution in [0.1, 0.15) is 25.0 Å². The number of carbonyl (C=O) groups is 2. The molecule has 0 saturated carbocycles. The molecule has 1 unspecified atom stereocenters. The van der Waals surface area contributed by atoms with E-state index in [0.29, 0.717) is 12.2 Å². The van der Waals surface area contributed by atoms with Crippen LogP contribution in [-0.4, -0.2) is 30.0 Å². The lowest BCUT2D eigenvalue weighted by molar-refractivity contribution is -0.149. The number of carbonyl (C=O) groups excluding carboxylic acids is 2. The minimum absolute atomic E-state index is 0.0742. The molecule has 1 aromatic heterocycles. The summed E-state index contributed by atoms with van der Waals surface area (Å²) in [6.07, 6.45) is 2.21. The molecule has 0 aliphatic heterocycles. The molecular formula is C23H26N2O4. The van der Waals surface area contributed by atoms with Gasteiger partial charge in [-0.05, 0) is 17.7 Å². The van der Waals surface area contributed by atoms with E-state index in [0.717, 1.165) is 22.0 Å². The zero-order valence-corrected chi connectivity index (χ0v) is 16.9. The Balaban J connectivity index is 1.77. The normalized spacial score (nSPS) is 12.0. The fourth-order valence-electron chi connectivity index (χ4n) is 3.12. The van der Waals surface area contributed by atoms with E-state index < -0.39 is 12.0 Å². The minimum Gasteiger partial charge on any atom is -0.496 e. The Bertz CT molecular complexity index is 993. The molecule has 0 fully saturated rings. The largest absolute Gasteiger partial charge is 0.496 e. The van der Waals surface area contributed by atoms with Crippen LogP contribution in [0.5, 0.6) is 5.75 Å². The van der Waals surface area contributed by atoms with Gasteiger partial charge in [-0.1, -0.05) is 50.2 Å². The van der Waals surface area contributed by atoms with Crippen LogP contribution in [0, 0.1) is 5.92 Å². The van der Waals surface area contributed by atoms with Gasteiger partial charge in [0.15, 0.2) is 0 Å². The molecule has 2 aromatic carbocycles. The third-order valence-corrected chi connectivity index (χ3v) is 4.79. The highest BCUT2D eigenvalue weighted by atomic mass is 16.5. The van der Waals surface area contributed by atoms with Crippen molar-refractivity contribution in [1.29, 1.82) is 0 Å². The van der Waals surface area contributed by atoms with Crippen LogP contribution in [0.25, 0.3) is 10.9 Å². The summed E-state index contributed by atoms with van der Waals surface area (Å²) in [7, 11) is 1.57. The average Bonchev–Trinajstić information content (AvgIpc) is 3.14. The number of hydrogen-bond donors (Lipinski definition) is 2. The lowest BCUT2D eigenvalue weighted by atomic mass is 10.0. The Hall–Kier alpha value is -3.28. The number of amides is 1. The molecular weight excluding hydrogens is 368 g/mol. The number of para-hydroxylation sites is 2. The van der Waals surface area contributed by atoms with Gasteiger partial charge >= 0.3 is 5.97 Å². The van der Waals surface area contributed by atoms with Crippen molar-refractivity contribution in [2.75, 3.05) is 7.11 Å². The number of hydrogen-bond acceptors (Lipinski definition) is 4. The van der Waals surface area contributed by atoms with Crippen molar-refractivity contribution in [1.82, 2.24) is 10.3 Å². The lowest BCUT2D eigenvalue weighted by Gasteiger charge is -2.19. The monoisotopic (exact) mass is 394 g/mol. The highest BCUT2D eigenvalue weighted by Crippen LogP contribution is 2.21. The maximum atomic E-state index is 12.8. The van der Waals surface area contributed by atoms with Crippen LogP contribution >= 0.6 is 0 Å². The van der Waals surface area contributed by atoms with Gasteiger partial charge in [-0.3, -0.25) is 4.79 Å². The summed E-state index contributed by atoms with van der Waals surface area (Å²) in [5.41, 5.74) is 2.70. The molecule has 3 aromatic rings. The van der Waals surface area contributed by atoms with Crippen molar-refractivity contribution >= 4 is 22.8 Å². The van der Waals surface area contributed by atoms with Crippen LogP contribution in [0.15, 0.2) is 54.7 Å². The van der Waals surface area contributed by atoms with Crippen molar-refractivity contribution in [3.05, 3.63) is 65.9 Å². The molecule has 3 rings (SSSR count). The third-order valence-electron chi connectivity index (χ3n) is 4.79. The number of nitrogens with one attached hydrogen (secondary N) is 2. The molecule has 0 spiro atoms. The number of aromatic nitrogens is 1. The molecule has 1 amide bonds. The van der Waals surface area contributed by atoms with Crippen molar-refractivity contribution < 1.29 is 19.1 Å². The second kappa shape index (κ2) is 9.28. The molecule has 0 saturated heterocycles. The fraction of sp³-hybridized carbons (Fsp3) is 0.304. The van der Waals surface area contributed by atoms with Crippen molar-refractivity contribution in [3.63, 3.8) is 0 Å². The van der Waals surface area contributed by atoms with E-state index in [2.05, 4.69) is 10.3 Å². The van der Waals surface area contributed by atoms with Gasteiger partial charge in [0.2, 0.25) is 5.91 Å². The van der Waals surface area contributed by atoms with E-state index in [1.54, 1.807) is 21.0 Å².